The summed E-state index contributed by atoms with van der Waals surface area (Å²) >= 11 is 6.00. The second kappa shape index (κ2) is 6.24. The minimum absolute atomic E-state index is 0.670. The van der Waals surface area contributed by atoms with E-state index in [4.69, 9.17) is 16.3 Å². The van der Waals surface area contributed by atoms with E-state index in [2.05, 4.69) is 14.5 Å². The first-order chi connectivity index (χ1) is 10.3. The number of ether oxygens (including phenoxy) is 1. The average Bonchev–Trinajstić information content (AvgIpc) is 2.95. The summed E-state index contributed by atoms with van der Waals surface area (Å²) in [5.74, 6) is 0.853. The molecule has 5 heteroatoms. The molecule has 0 spiro atoms. The van der Waals surface area contributed by atoms with Crippen molar-refractivity contribution in [1.82, 2.24) is 14.5 Å². The van der Waals surface area contributed by atoms with Crippen molar-refractivity contribution in [2.75, 3.05) is 13.2 Å². The zero-order valence-corrected chi connectivity index (χ0v) is 12.5. The lowest BCUT2D eigenvalue weighted by atomic mass is 10.2. The van der Waals surface area contributed by atoms with Gasteiger partial charge in [-0.1, -0.05) is 17.7 Å². The fraction of sp³-hybridized carbons (Fsp3) is 0.250. The molecule has 3 rings (SSSR count). The number of benzene rings is 1. The zero-order valence-electron chi connectivity index (χ0n) is 11.8. The van der Waals surface area contributed by atoms with Crippen molar-refractivity contribution in [1.29, 1.82) is 0 Å². The Balaban J connectivity index is 1.93. The highest BCUT2D eigenvalue weighted by molar-refractivity contribution is 6.31. The van der Waals surface area contributed by atoms with Crippen LogP contribution in [-0.2, 0) is 11.3 Å². The summed E-state index contributed by atoms with van der Waals surface area (Å²) in [5.41, 5.74) is 1.77. The van der Waals surface area contributed by atoms with Crippen molar-refractivity contribution in [3.05, 3.63) is 47.7 Å². The van der Waals surface area contributed by atoms with E-state index in [1.165, 1.54) is 0 Å². The van der Waals surface area contributed by atoms with Crippen LogP contribution in [0.25, 0.3) is 22.4 Å². The second-order valence-corrected chi connectivity index (χ2v) is 5.11. The number of fused-ring (bicyclic) bond motifs is 1. The molecule has 21 heavy (non-hydrogen) atoms. The normalized spacial score (nSPS) is 11.1. The maximum absolute atomic E-state index is 6.00. The van der Waals surface area contributed by atoms with Gasteiger partial charge in [-0.05, 0) is 31.2 Å². The van der Waals surface area contributed by atoms with Gasteiger partial charge in [0.15, 0.2) is 5.82 Å². The third-order valence-corrected chi connectivity index (χ3v) is 3.51. The van der Waals surface area contributed by atoms with Crippen LogP contribution in [0.5, 0.6) is 0 Å². The van der Waals surface area contributed by atoms with Crippen LogP contribution in [0.1, 0.15) is 6.92 Å². The fourth-order valence-corrected chi connectivity index (χ4v) is 2.43. The molecule has 0 saturated heterocycles. The lowest BCUT2D eigenvalue weighted by molar-refractivity contribution is 0.139. The van der Waals surface area contributed by atoms with Crippen LogP contribution in [0.15, 0.2) is 42.7 Å². The Hall–Kier alpha value is -1.91. The Kier molecular flexibility index (Phi) is 4.18. The minimum atomic E-state index is 0.670. The summed E-state index contributed by atoms with van der Waals surface area (Å²) in [5, 5.41) is 1.74. The summed E-state index contributed by atoms with van der Waals surface area (Å²) in [6, 6.07) is 9.68. The standard InChI is InChI=1S/C16H16ClN3O/c1-2-21-10-9-20-8-7-18-16(20)15-5-3-12-11-13(17)4-6-14(12)19-15/h3-8,11H,2,9-10H2,1H3. The quantitative estimate of drug-likeness (QED) is 0.673. The number of hydrogen-bond acceptors (Lipinski definition) is 3. The molecular formula is C16H16ClN3O. The molecule has 1 aromatic carbocycles. The maximum atomic E-state index is 6.00. The van der Waals surface area contributed by atoms with E-state index < -0.39 is 0 Å². The predicted molar refractivity (Wildman–Crippen MR) is 84.5 cm³/mol. The van der Waals surface area contributed by atoms with Crippen LogP contribution >= 0.6 is 11.6 Å². The van der Waals surface area contributed by atoms with E-state index in [1.54, 1.807) is 6.20 Å². The van der Waals surface area contributed by atoms with Crippen molar-refractivity contribution in [3.63, 3.8) is 0 Å². The van der Waals surface area contributed by atoms with E-state index in [-0.39, 0.29) is 0 Å². The lowest BCUT2D eigenvalue weighted by Crippen LogP contribution is -2.07. The van der Waals surface area contributed by atoms with Crippen LogP contribution in [0.2, 0.25) is 5.02 Å². The first-order valence-corrected chi connectivity index (χ1v) is 7.31. The summed E-state index contributed by atoms with van der Waals surface area (Å²) in [4.78, 5) is 9.07. The van der Waals surface area contributed by atoms with Gasteiger partial charge < -0.3 is 9.30 Å². The molecule has 0 aliphatic heterocycles. The SMILES string of the molecule is CCOCCn1ccnc1-c1ccc2cc(Cl)ccc2n1. The molecule has 0 bridgehead atoms. The molecule has 108 valence electrons. The van der Waals surface area contributed by atoms with Gasteiger partial charge in [-0.25, -0.2) is 9.97 Å². The molecule has 0 unspecified atom stereocenters. The summed E-state index contributed by atoms with van der Waals surface area (Å²) in [7, 11) is 0. The topological polar surface area (TPSA) is 39.9 Å². The van der Waals surface area contributed by atoms with Crippen molar-refractivity contribution in [3.8, 4) is 11.5 Å². The Morgan fingerprint density at radius 3 is 3.00 bits per heavy atom. The number of halogens is 1. The van der Waals surface area contributed by atoms with Crippen molar-refractivity contribution < 1.29 is 4.74 Å². The Bertz CT molecular complexity index is 754. The molecular weight excluding hydrogens is 286 g/mol. The zero-order chi connectivity index (χ0) is 14.7. The molecule has 0 radical (unpaired) electrons. The smallest absolute Gasteiger partial charge is 0.158 e. The van der Waals surface area contributed by atoms with E-state index >= 15 is 0 Å². The molecule has 2 heterocycles. The highest BCUT2D eigenvalue weighted by atomic mass is 35.5. The molecule has 2 aromatic heterocycles. The van der Waals surface area contributed by atoms with Crippen molar-refractivity contribution in [2.24, 2.45) is 0 Å². The molecule has 3 aromatic rings. The number of rotatable bonds is 5. The Labute approximate surface area is 128 Å². The largest absolute Gasteiger partial charge is 0.380 e. The molecule has 0 aliphatic rings. The highest BCUT2D eigenvalue weighted by Crippen LogP contribution is 2.22. The van der Waals surface area contributed by atoms with Gasteiger partial charge in [0.1, 0.15) is 5.69 Å². The third-order valence-electron chi connectivity index (χ3n) is 3.28. The maximum Gasteiger partial charge on any atom is 0.158 e. The molecule has 0 N–H and O–H groups in total. The summed E-state index contributed by atoms with van der Waals surface area (Å²) in [6.07, 6.45) is 3.73. The lowest BCUT2D eigenvalue weighted by Gasteiger charge is -2.08. The highest BCUT2D eigenvalue weighted by Gasteiger charge is 2.08. The molecule has 0 saturated carbocycles. The Morgan fingerprint density at radius 2 is 2.14 bits per heavy atom. The van der Waals surface area contributed by atoms with E-state index in [0.29, 0.717) is 6.61 Å². The van der Waals surface area contributed by atoms with Gasteiger partial charge in [0.2, 0.25) is 0 Å². The molecule has 0 amide bonds. The van der Waals surface area contributed by atoms with Crippen LogP contribution < -0.4 is 0 Å². The van der Waals surface area contributed by atoms with Gasteiger partial charge >= 0.3 is 0 Å². The number of hydrogen-bond donors (Lipinski definition) is 0. The monoisotopic (exact) mass is 301 g/mol. The summed E-state index contributed by atoms with van der Waals surface area (Å²) < 4.78 is 7.45. The van der Waals surface area contributed by atoms with E-state index in [9.17, 15) is 0 Å². The second-order valence-electron chi connectivity index (χ2n) is 4.67. The van der Waals surface area contributed by atoms with E-state index in [0.717, 1.165) is 40.6 Å². The van der Waals surface area contributed by atoms with Gasteiger partial charge in [-0.2, -0.15) is 0 Å². The van der Waals surface area contributed by atoms with Crippen LogP contribution in [0.4, 0.5) is 0 Å². The number of imidazole rings is 1. The average molecular weight is 302 g/mol. The molecule has 0 fully saturated rings. The van der Waals surface area contributed by atoms with Crippen LogP contribution in [0, 0.1) is 0 Å². The van der Waals surface area contributed by atoms with Gasteiger partial charge in [0, 0.05) is 36.0 Å². The van der Waals surface area contributed by atoms with Crippen molar-refractivity contribution >= 4 is 22.5 Å². The van der Waals surface area contributed by atoms with Crippen LogP contribution in [0.3, 0.4) is 0 Å². The summed E-state index contributed by atoms with van der Waals surface area (Å²) in [6.45, 7) is 4.15. The minimum Gasteiger partial charge on any atom is -0.380 e. The fourth-order valence-electron chi connectivity index (χ4n) is 2.25. The van der Waals surface area contributed by atoms with Gasteiger partial charge in [0.25, 0.3) is 0 Å². The van der Waals surface area contributed by atoms with Gasteiger partial charge in [0.05, 0.1) is 12.1 Å². The van der Waals surface area contributed by atoms with Gasteiger partial charge in [-0.3, -0.25) is 0 Å². The molecule has 4 nitrogen and oxygen atoms in total. The first kappa shape index (κ1) is 14.0. The van der Waals surface area contributed by atoms with Crippen LogP contribution in [-0.4, -0.2) is 27.7 Å². The third kappa shape index (κ3) is 3.06. The van der Waals surface area contributed by atoms with Gasteiger partial charge in [-0.15, -0.1) is 0 Å². The molecule has 0 aliphatic carbocycles. The Morgan fingerprint density at radius 1 is 1.24 bits per heavy atom. The first-order valence-electron chi connectivity index (χ1n) is 6.93. The predicted octanol–water partition coefficient (Wildman–Crippen LogP) is 3.79. The number of aromatic nitrogens is 3. The number of nitrogens with zero attached hydrogens (tertiary/aromatic N) is 3. The molecule has 0 atom stereocenters. The van der Waals surface area contributed by atoms with E-state index in [1.807, 2.05) is 43.5 Å². The van der Waals surface area contributed by atoms with Crippen molar-refractivity contribution in [2.45, 2.75) is 13.5 Å². The number of pyridine rings is 1.